The molecule has 0 radical (unpaired) electrons. The lowest BCUT2D eigenvalue weighted by molar-refractivity contribution is -0.123. The zero-order valence-electron chi connectivity index (χ0n) is 13.1. The fraction of sp³-hybridized carbons (Fsp3) is 0.278. The first-order valence-electron chi connectivity index (χ1n) is 7.85. The molecular formula is C18H18ClN3O2. The van der Waals surface area contributed by atoms with Gasteiger partial charge < -0.3 is 10.6 Å². The molecule has 124 valence electrons. The molecule has 24 heavy (non-hydrogen) atoms. The zero-order valence-corrected chi connectivity index (χ0v) is 13.9. The molecule has 0 spiro atoms. The number of halogens is 1. The number of amides is 2. The molecule has 2 aromatic rings. The van der Waals surface area contributed by atoms with Crippen LogP contribution in [0, 0.1) is 5.92 Å². The summed E-state index contributed by atoms with van der Waals surface area (Å²) in [6.07, 6.45) is 3.14. The Bertz CT molecular complexity index is 744. The molecular weight excluding hydrogens is 326 g/mol. The highest BCUT2D eigenvalue weighted by atomic mass is 35.5. The average molecular weight is 344 g/mol. The number of carbonyl (C=O) groups is 2. The molecule has 1 atom stereocenters. The van der Waals surface area contributed by atoms with E-state index in [-0.39, 0.29) is 17.7 Å². The van der Waals surface area contributed by atoms with Crippen LogP contribution in [0.2, 0.25) is 5.02 Å². The molecule has 1 aliphatic heterocycles. The van der Waals surface area contributed by atoms with Crippen LogP contribution in [0.4, 0.5) is 0 Å². The van der Waals surface area contributed by atoms with E-state index in [2.05, 4.69) is 4.98 Å². The van der Waals surface area contributed by atoms with Crippen LogP contribution in [0.15, 0.2) is 42.6 Å². The lowest BCUT2D eigenvalue weighted by atomic mass is 9.96. The van der Waals surface area contributed by atoms with Gasteiger partial charge in [0.1, 0.15) is 0 Å². The van der Waals surface area contributed by atoms with Crippen molar-refractivity contribution in [2.45, 2.75) is 12.8 Å². The van der Waals surface area contributed by atoms with Crippen molar-refractivity contribution in [3.63, 3.8) is 0 Å². The summed E-state index contributed by atoms with van der Waals surface area (Å²) in [5.74, 6) is -0.659. The molecule has 1 aliphatic rings. The molecule has 3 rings (SSSR count). The molecule has 0 aliphatic carbocycles. The molecule has 1 aromatic carbocycles. The summed E-state index contributed by atoms with van der Waals surface area (Å²) in [6, 6.07) is 10.9. The van der Waals surface area contributed by atoms with Gasteiger partial charge in [0.15, 0.2) is 0 Å². The van der Waals surface area contributed by atoms with E-state index in [0.717, 1.165) is 24.1 Å². The van der Waals surface area contributed by atoms with Crippen LogP contribution in [0.3, 0.4) is 0 Å². The van der Waals surface area contributed by atoms with Gasteiger partial charge in [0.25, 0.3) is 5.91 Å². The van der Waals surface area contributed by atoms with Crippen LogP contribution >= 0.6 is 11.6 Å². The Morgan fingerprint density at radius 3 is 2.54 bits per heavy atom. The highest BCUT2D eigenvalue weighted by molar-refractivity contribution is 6.30. The van der Waals surface area contributed by atoms with Gasteiger partial charge in [-0.05, 0) is 37.1 Å². The summed E-state index contributed by atoms with van der Waals surface area (Å²) < 4.78 is 0. The number of piperidine rings is 1. The van der Waals surface area contributed by atoms with E-state index in [1.54, 1.807) is 29.3 Å². The number of pyridine rings is 1. The number of hydrogen-bond acceptors (Lipinski definition) is 3. The molecule has 1 fully saturated rings. The van der Waals surface area contributed by atoms with E-state index >= 15 is 0 Å². The number of hydrogen-bond donors (Lipinski definition) is 1. The number of aromatic nitrogens is 1. The Hall–Kier alpha value is -2.40. The molecule has 1 aromatic heterocycles. The summed E-state index contributed by atoms with van der Waals surface area (Å²) >= 11 is 5.84. The third-order valence-corrected chi connectivity index (χ3v) is 4.49. The monoisotopic (exact) mass is 343 g/mol. The molecule has 2 heterocycles. The Morgan fingerprint density at radius 1 is 1.17 bits per heavy atom. The van der Waals surface area contributed by atoms with E-state index < -0.39 is 0 Å². The third kappa shape index (κ3) is 3.57. The number of carbonyl (C=O) groups excluding carboxylic acids is 2. The quantitative estimate of drug-likeness (QED) is 0.930. The van der Waals surface area contributed by atoms with Crippen molar-refractivity contribution in [1.29, 1.82) is 0 Å². The number of primary amides is 1. The molecule has 0 unspecified atom stereocenters. The van der Waals surface area contributed by atoms with Gasteiger partial charge in [0.2, 0.25) is 5.91 Å². The summed E-state index contributed by atoms with van der Waals surface area (Å²) in [5.41, 5.74) is 7.68. The van der Waals surface area contributed by atoms with Crippen LogP contribution in [0.5, 0.6) is 0 Å². The Balaban J connectivity index is 1.74. The van der Waals surface area contributed by atoms with Gasteiger partial charge in [0.05, 0.1) is 16.6 Å². The Morgan fingerprint density at radius 2 is 1.92 bits per heavy atom. The van der Waals surface area contributed by atoms with Gasteiger partial charge in [-0.1, -0.05) is 23.7 Å². The second-order valence-electron chi connectivity index (χ2n) is 5.93. The Labute approximate surface area is 145 Å². The maximum absolute atomic E-state index is 12.6. The summed E-state index contributed by atoms with van der Waals surface area (Å²) in [5, 5.41) is 0.583. The molecule has 2 amide bonds. The number of benzene rings is 1. The maximum atomic E-state index is 12.6. The van der Waals surface area contributed by atoms with Gasteiger partial charge in [0, 0.05) is 30.4 Å². The largest absolute Gasteiger partial charge is 0.369 e. The first-order chi connectivity index (χ1) is 11.5. The second kappa shape index (κ2) is 7.01. The fourth-order valence-corrected chi connectivity index (χ4v) is 3.02. The van der Waals surface area contributed by atoms with Crippen molar-refractivity contribution >= 4 is 23.4 Å². The number of rotatable bonds is 3. The topological polar surface area (TPSA) is 76.3 Å². The van der Waals surface area contributed by atoms with E-state index in [0.29, 0.717) is 23.7 Å². The molecule has 0 saturated carbocycles. The van der Waals surface area contributed by atoms with Crippen LogP contribution in [-0.4, -0.2) is 34.8 Å². The fourth-order valence-electron chi connectivity index (χ4n) is 2.91. The van der Waals surface area contributed by atoms with Crippen molar-refractivity contribution in [2.24, 2.45) is 11.7 Å². The van der Waals surface area contributed by atoms with Crippen LogP contribution < -0.4 is 5.73 Å². The van der Waals surface area contributed by atoms with Gasteiger partial charge in [-0.2, -0.15) is 0 Å². The minimum atomic E-state index is -0.336. The first kappa shape index (κ1) is 16.5. The minimum Gasteiger partial charge on any atom is -0.369 e. The SMILES string of the molecule is NC(=O)[C@H]1CCCN(C(=O)c2ccc(-c3ccc(Cl)cn3)cc2)C1. The summed E-state index contributed by atoms with van der Waals surface area (Å²) in [4.78, 5) is 29.9. The van der Waals surface area contributed by atoms with E-state index in [1.807, 2.05) is 18.2 Å². The first-order valence-corrected chi connectivity index (χ1v) is 8.23. The van der Waals surface area contributed by atoms with Crippen LogP contribution in [0.1, 0.15) is 23.2 Å². The number of likely N-dealkylation sites (tertiary alicyclic amines) is 1. The minimum absolute atomic E-state index is 0.0726. The van der Waals surface area contributed by atoms with Crippen molar-refractivity contribution in [2.75, 3.05) is 13.1 Å². The van der Waals surface area contributed by atoms with E-state index in [9.17, 15) is 9.59 Å². The molecule has 2 N–H and O–H groups in total. The highest BCUT2D eigenvalue weighted by Crippen LogP contribution is 2.22. The van der Waals surface area contributed by atoms with E-state index in [1.165, 1.54) is 0 Å². The lowest BCUT2D eigenvalue weighted by Crippen LogP contribution is -2.44. The predicted molar refractivity (Wildman–Crippen MR) is 92.5 cm³/mol. The molecule has 6 heteroatoms. The maximum Gasteiger partial charge on any atom is 0.253 e. The van der Waals surface area contributed by atoms with Crippen molar-refractivity contribution < 1.29 is 9.59 Å². The standard InChI is InChI=1S/C18H18ClN3O2/c19-15-7-8-16(21-10-15)12-3-5-13(6-4-12)18(24)22-9-1-2-14(11-22)17(20)23/h3-8,10,14H,1-2,9,11H2,(H2,20,23)/t14-/m0/s1. The van der Waals surface area contributed by atoms with Crippen molar-refractivity contribution in [1.82, 2.24) is 9.88 Å². The highest BCUT2D eigenvalue weighted by Gasteiger charge is 2.27. The van der Waals surface area contributed by atoms with Crippen LogP contribution in [0.25, 0.3) is 11.3 Å². The normalized spacial score (nSPS) is 17.5. The zero-order chi connectivity index (χ0) is 17.1. The number of nitrogens with zero attached hydrogens (tertiary/aromatic N) is 2. The predicted octanol–water partition coefficient (Wildman–Crippen LogP) is 2.74. The van der Waals surface area contributed by atoms with Gasteiger partial charge >= 0.3 is 0 Å². The van der Waals surface area contributed by atoms with Crippen LogP contribution in [-0.2, 0) is 4.79 Å². The molecule has 1 saturated heterocycles. The third-order valence-electron chi connectivity index (χ3n) is 4.27. The van der Waals surface area contributed by atoms with Crippen molar-refractivity contribution in [3.05, 3.63) is 53.2 Å². The smallest absolute Gasteiger partial charge is 0.253 e. The summed E-state index contributed by atoms with van der Waals surface area (Å²) in [7, 11) is 0. The lowest BCUT2D eigenvalue weighted by Gasteiger charge is -2.31. The Kier molecular flexibility index (Phi) is 4.81. The summed E-state index contributed by atoms with van der Waals surface area (Å²) in [6.45, 7) is 1.05. The second-order valence-corrected chi connectivity index (χ2v) is 6.37. The molecule has 5 nitrogen and oxygen atoms in total. The van der Waals surface area contributed by atoms with Gasteiger partial charge in [-0.15, -0.1) is 0 Å². The number of nitrogens with two attached hydrogens (primary N) is 1. The van der Waals surface area contributed by atoms with E-state index in [4.69, 9.17) is 17.3 Å². The average Bonchev–Trinajstić information content (AvgIpc) is 2.62. The molecule has 0 bridgehead atoms. The van der Waals surface area contributed by atoms with Gasteiger partial charge in [-0.3, -0.25) is 14.6 Å². The van der Waals surface area contributed by atoms with Gasteiger partial charge in [-0.25, -0.2) is 0 Å². The van der Waals surface area contributed by atoms with Crippen molar-refractivity contribution in [3.8, 4) is 11.3 Å².